The van der Waals surface area contributed by atoms with Gasteiger partial charge in [0, 0.05) is 22.4 Å². The molecule has 0 fully saturated rings. The summed E-state index contributed by atoms with van der Waals surface area (Å²) in [6, 6.07) is 18.4. The number of anilines is 1. The van der Waals surface area contributed by atoms with Crippen molar-refractivity contribution in [3.63, 3.8) is 0 Å². The first-order valence-corrected chi connectivity index (χ1v) is 9.75. The molecule has 1 aliphatic rings. The second-order valence-electron chi connectivity index (χ2n) is 7.37. The van der Waals surface area contributed by atoms with Crippen LogP contribution in [0.3, 0.4) is 0 Å². The predicted octanol–water partition coefficient (Wildman–Crippen LogP) is 5.98. The molecule has 4 aromatic rings. The van der Waals surface area contributed by atoms with Gasteiger partial charge in [0.05, 0.1) is 17.3 Å². The molecule has 0 saturated carbocycles. The van der Waals surface area contributed by atoms with Crippen LogP contribution in [-0.4, -0.2) is 16.1 Å². The van der Waals surface area contributed by atoms with Crippen molar-refractivity contribution in [1.82, 2.24) is 10.2 Å². The van der Waals surface area contributed by atoms with Gasteiger partial charge in [-0.05, 0) is 24.3 Å². The smallest absolute Gasteiger partial charge is 0.295 e. The Labute approximate surface area is 180 Å². The molecule has 160 valence electrons. The number of aromatic nitrogens is 2. The standard InChI is InChI=1S/C24H15F4N3O/c25-18-12-5-4-11-17(18)22-19-20(14-7-2-1-3-8-14)29-30-21(19)23(32)31(22)16-10-6-9-15(13-16)24(26,27)28/h1-13,22H,(H,29,30)/t22-/m1/s1. The Morgan fingerprint density at radius 2 is 1.62 bits per heavy atom. The van der Waals surface area contributed by atoms with E-state index in [0.717, 1.165) is 12.1 Å². The second kappa shape index (κ2) is 7.33. The summed E-state index contributed by atoms with van der Waals surface area (Å²) >= 11 is 0. The number of rotatable bonds is 3. The molecule has 0 bridgehead atoms. The lowest BCUT2D eigenvalue weighted by molar-refractivity contribution is -0.137. The zero-order valence-electron chi connectivity index (χ0n) is 16.4. The van der Waals surface area contributed by atoms with E-state index in [1.807, 2.05) is 6.07 Å². The lowest BCUT2D eigenvalue weighted by atomic mass is 9.95. The number of hydrogen-bond donors (Lipinski definition) is 1. The highest BCUT2D eigenvalue weighted by atomic mass is 19.4. The lowest BCUT2D eigenvalue weighted by Crippen LogP contribution is -2.30. The highest BCUT2D eigenvalue weighted by Gasteiger charge is 2.44. The molecule has 3 aromatic carbocycles. The van der Waals surface area contributed by atoms with E-state index >= 15 is 0 Å². The molecule has 0 spiro atoms. The van der Waals surface area contributed by atoms with Crippen molar-refractivity contribution in [2.75, 3.05) is 4.90 Å². The normalized spacial score (nSPS) is 15.8. The van der Waals surface area contributed by atoms with E-state index in [1.165, 1.54) is 35.2 Å². The minimum Gasteiger partial charge on any atom is -0.295 e. The molecule has 0 saturated heterocycles. The van der Waals surface area contributed by atoms with E-state index < -0.39 is 29.5 Å². The summed E-state index contributed by atoms with van der Waals surface area (Å²) in [5, 5.41) is 6.99. The number of nitrogens with zero attached hydrogens (tertiary/aromatic N) is 2. The van der Waals surface area contributed by atoms with Gasteiger partial charge in [-0.2, -0.15) is 18.3 Å². The Morgan fingerprint density at radius 1 is 0.906 bits per heavy atom. The topological polar surface area (TPSA) is 49.0 Å². The molecule has 4 nitrogen and oxygen atoms in total. The number of carbonyl (C=O) groups is 1. The highest BCUT2D eigenvalue weighted by Crippen LogP contribution is 2.46. The number of fused-ring (bicyclic) bond motifs is 1. The van der Waals surface area contributed by atoms with Crippen LogP contribution < -0.4 is 4.90 Å². The Hall–Kier alpha value is -3.94. The number of alkyl halides is 3. The van der Waals surface area contributed by atoms with E-state index in [2.05, 4.69) is 10.2 Å². The molecule has 1 atom stereocenters. The molecule has 0 aliphatic carbocycles. The van der Waals surface area contributed by atoms with Crippen LogP contribution in [0.4, 0.5) is 23.2 Å². The fourth-order valence-corrected chi connectivity index (χ4v) is 4.05. The van der Waals surface area contributed by atoms with Crippen LogP contribution >= 0.6 is 0 Å². The first-order chi connectivity index (χ1) is 15.4. The van der Waals surface area contributed by atoms with Gasteiger partial charge >= 0.3 is 6.18 Å². The number of H-pyrrole nitrogens is 1. The zero-order valence-corrected chi connectivity index (χ0v) is 16.4. The van der Waals surface area contributed by atoms with Gasteiger partial charge in [0.15, 0.2) is 0 Å². The van der Waals surface area contributed by atoms with Gasteiger partial charge in [-0.3, -0.25) is 14.8 Å². The molecule has 2 heterocycles. The van der Waals surface area contributed by atoms with Gasteiger partial charge < -0.3 is 0 Å². The summed E-state index contributed by atoms with van der Waals surface area (Å²) in [5.41, 5.74) is 0.962. The third kappa shape index (κ3) is 3.15. The van der Waals surface area contributed by atoms with E-state index in [1.54, 1.807) is 30.3 Å². The molecular formula is C24H15F4N3O. The largest absolute Gasteiger partial charge is 0.416 e. The van der Waals surface area contributed by atoms with E-state index in [4.69, 9.17) is 0 Å². The average molecular weight is 437 g/mol. The monoisotopic (exact) mass is 437 g/mol. The second-order valence-corrected chi connectivity index (χ2v) is 7.37. The molecule has 1 amide bonds. The van der Waals surface area contributed by atoms with Crippen LogP contribution in [0.5, 0.6) is 0 Å². The van der Waals surface area contributed by atoms with Gasteiger partial charge in [0.25, 0.3) is 5.91 Å². The maximum Gasteiger partial charge on any atom is 0.416 e. The summed E-state index contributed by atoms with van der Waals surface area (Å²) in [7, 11) is 0. The van der Waals surface area contributed by atoms with Crippen LogP contribution in [0, 0.1) is 5.82 Å². The van der Waals surface area contributed by atoms with Crippen LogP contribution in [-0.2, 0) is 6.18 Å². The third-order valence-corrected chi connectivity index (χ3v) is 5.47. The van der Waals surface area contributed by atoms with Crippen LogP contribution in [0.1, 0.15) is 33.2 Å². The number of nitrogens with one attached hydrogen (secondary N) is 1. The fourth-order valence-electron chi connectivity index (χ4n) is 4.05. The Morgan fingerprint density at radius 3 is 2.34 bits per heavy atom. The minimum absolute atomic E-state index is 0.0155. The van der Waals surface area contributed by atoms with Crippen LogP contribution in [0.25, 0.3) is 11.3 Å². The molecular weight excluding hydrogens is 422 g/mol. The van der Waals surface area contributed by atoms with E-state index in [-0.39, 0.29) is 16.9 Å². The quantitative estimate of drug-likeness (QED) is 0.401. The predicted molar refractivity (Wildman–Crippen MR) is 111 cm³/mol. The molecule has 1 aromatic heterocycles. The molecule has 1 N–H and O–H groups in total. The average Bonchev–Trinajstić information content (AvgIpc) is 3.33. The molecule has 5 rings (SSSR count). The van der Waals surface area contributed by atoms with Crippen molar-refractivity contribution in [3.8, 4) is 11.3 Å². The van der Waals surface area contributed by atoms with E-state index in [0.29, 0.717) is 16.8 Å². The minimum atomic E-state index is -4.59. The molecule has 32 heavy (non-hydrogen) atoms. The van der Waals surface area contributed by atoms with Crippen molar-refractivity contribution in [3.05, 3.63) is 107 Å². The van der Waals surface area contributed by atoms with Crippen LogP contribution in [0.15, 0.2) is 78.9 Å². The van der Waals surface area contributed by atoms with Gasteiger partial charge in [0.2, 0.25) is 0 Å². The van der Waals surface area contributed by atoms with Crippen molar-refractivity contribution in [1.29, 1.82) is 0 Å². The summed E-state index contributed by atoms with van der Waals surface area (Å²) in [6.07, 6.45) is -4.59. The number of aromatic amines is 1. The number of benzene rings is 3. The van der Waals surface area contributed by atoms with Crippen molar-refractivity contribution >= 4 is 11.6 Å². The number of halogens is 4. The SMILES string of the molecule is O=C1c2[nH]nc(-c3ccccc3)c2[C@@H](c2ccccc2F)N1c1cccc(C(F)(F)F)c1. The summed E-state index contributed by atoms with van der Waals surface area (Å²) in [6.45, 7) is 0. The van der Waals surface area contributed by atoms with Gasteiger partial charge in [0.1, 0.15) is 11.5 Å². The fraction of sp³-hybridized carbons (Fsp3) is 0.0833. The van der Waals surface area contributed by atoms with Crippen molar-refractivity contribution in [2.24, 2.45) is 0 Å². The molecule has 0 radical (unpaired) electrons. The lowest BCUT2D eigenvalue weighted by Gasteiger charge is -2.27. The molecule has 0 unspecified atom stereocenters. The number of carbonyl (C=O) groups excluding carboxylic acids is 1. The van der Waals surface area contributed by atoms with Crippen LogP contribution in [0.2, 0.25) is 0 Å². The highest BCUT2D eigenvalue weighted by molar-refractivity contribution is 6.11. The first kappa shape index (κ1) is 20.0. The van der Waals surface area contributed by atoms with Crippen molar-refractivity contribution < 1.29 is 22.4 Å². The van der Waals surface area contributed by atoms with Gasteiger partial charge in [-0.25, -0.2) is 4.39 Å². The number of hydrogen-bond acceptors (Lipinski definition) is 2. The molecule has 1 aliphatic heterocycles. The van der Waals surface area contributed by atoms with Crippen molar-refractivity contribution in [2.45, 2.75) is 12.2 Å². The summed E-state index contributed by atoms with van der Waals surface area (Å²) in [5.74, 6) is -1.16. The maximum atomic E-state index is 14.9. The summed E-state index contributed by atoms with van der Waals surface area (Å²) in [4.78, 5) is 14.5. The van der Waals surface area contributed by atoms with Gasteiger partial charge in [-0.1, -0.05) is 54.6 Å². The Kier molecular flexibility index (Phi) is 4.58. The summed E-state index contributed by atoms with van der Waals surface area (Å²) < 4.78 is 54.9. The Bertz CT molecular complexity index is 1310. The zero-order chi connectivity index (χ0) is 22.5. The third-order valence-electron chi connectivity index (χ3n) is 5.47. The van der Waals surface area contributed by atoms with E-state index in [9.17, 15) is 22.4 Å². The Balaban J connectivity index is 1.74. The molecule has 8 heteroatoms. The maximum absolute atomic E-state index is 14.9. The van der Waals surface area contributed by atoms with Gasteiger partial charge in [-0.15, -0.1) is 0 Å². The number of amides is 1. The first-order valence-electron chi connectivity index (χ1n) is 9.75.